The van der Waals surface area contributed by atoms with Gasteiger partial charge < -0.3 is 0 Å². The van der Waals surface area contributed by atoms with Gasteiger partial charge in [-0.1, -0.05) is 19.8 Å². The van der Waals surface area contributed by atoms with Crippen LogP contribution in [-0.4, -0.2) is 29.9 Å². The summed E-state index contributed by atoms with van der Waals surface area (Å²) < 4.78 is 0. The van der Waals surface area contributed by atoms with E-state index in [0.717, 1.165) is 13.0 Å². The Kier molecular flexibility index (Phi) is 4.90. The van der Waals surface area contributed by atoms with Crippen molar-refractivity contribution in [2.24, 2.45) is 5.84 Å². The Morgan fingerprint density at radius 2 is 2.29 bits per heavy atom. The van der Waals surface area contributed by atoms with Gasteiger partial charge in [0, 0.05) is 6.04 Å². The number of hydrogen-bond acceptors (Lipinski definition) is 3. The molecule has 82 valence electrons. The molecule has 1 heterocycles. The molecule has 1 unspecified atom stereocenters. The molecule has 0 aromatic carbocycles. The van der Waals surface area contributed by atoms with Crippen LogP contribution in [0, 0.1) is 0 Å². The first-order chi connectivity index (χ1) is 6.77. The highest BCUT2D eigenvalue weighted by Crippen LogP contribution is 2.18. The van der Waals surface area contributed by atoms with Crippen LogP contribution < -0.4 is 11.3 Å². The van der Waals surface area contributed by atoms with Crippen LogP contribution in [-0.2, 0) is 4.79 Å². The van der Waals surface area contributed by atoms with Gasteiger partial charge in [0.15, 0.2) is 0 Å². The molecule has 4 heteroatoms. The molecule has 1 amide bonds. The van der Waals surface area contributed by atoms with E-state index in [9.17, 15) is 4.79 Å². The van der Waals surface area contributed by atoms with Gasteiger partial charge in [-0.05, 0) is 25.8 Å². The fourth-order valence-corrected chi connectivity index (χ4v) is 2.14. The number of nitrogens with two attached hydrogens (primary N) is 1. The zero-order valence-corrected chi connectivity index (χ0v) is 8.96. The topological polar surface area (TPSA) is 58.4 Å². The van der Waals surface area contributed by atoms with Crippen LogP contribution in [0.4, 0.5) is 0 Å². The van der Waals surface area contributed by atoms with Gasteiger partial charge >= 0.3 is 0 Å². The van der Waals surface area contributed by atoms with Crippen LogP contribution >= 0.6 is 0 Å². The van der Waals surface area contributed by atoms with Crippen molar-refractivity contribution in [3.8, 4) is 0 Å². The van der Waals surface area contributed by atoms with Gasteiger partial charge in [0.2, 0.25) is 5.91 Å². The summed E-state index contributed by atoms with van der Waals surface area (Å²) in [4.78, 5) is 13.4. The first-order valence-electron chi connectivity index (χ1n) is 5.51. The number of likely N-dealkylation sites (tertiary alicyclic amines) is 1. The van der Waals surface area contributed by atoms with Gasteiger partial charge in [-0.25, -0.2) is 5.84 Å². The number of nitrogens with one attached hydrogen (secondary N) is 1. The SMILES string of the molecule is CCC1CCCCCN1CC(=O)NN. The molecule has 0 spiro atoms. The summed E-state index contributed by atoms with van der Waals surface area (Å²) in [6, 6.07) is 0.565. The molecule has 1 aliphatic heterocycles. The van der Waals surface area contributed by atoms with Crippen molar-refractivity contribution >= 4 is 5.91 Å². The lowest BCUT2D eigenvalue weighted by Crippen LogP contribution is -2.44. The van der Waals surface area contributed by atoms with E-state index in [0.29, 0.717) is 12.6 Å². The van der Waals surface area contributed by atoms with Crippen molar-refractivity contribution in [2.45, 2.75) is 45.1 Å². The number of hydrogen-bond donors (Lipinski definition) is 2. The average Bonchev–Trinajstić information content (AvgIpc) is 2.42. The van der Waals surface area contributed by atoms with E-state index in [2.05, 4.69) is 17.2 Å². The third-order valence-electron chi connectivity index (χ3n) is 2.98. The Morgan fingerprint density at radius 3 is 2.93 bits per heavy atom. The average molecular weight is 199 g/mol. The van der Waals surface area contributed by atoms with E-state index in [-0.39, 0.29) is 5.91 Å². The number of nitrogens with zero attached hydrogens (tertiary/aromatic N) is 1. The van der Waals surface area contributed by atoms with Crippen molar-refractivity contribution in [2.75, 3.05) is 13.1 Å². The van der Waals surface area contributed by atoms with Crippen LogP contribution in [0.2, 0.25) is 0 Å². The van der Waals surface area contributed by atoms with E-state index < -0.39 is 0 Å². The Morgan fingerprint density at radius 1 is 1.50 bits per heavy atom. The summed E-state index contributed by atoms with van der Waals surface area (Å²) in [7, 11) is 0. The van der Waals surface area contributed by atoms with E-state index in [1.807, 2.05) is 0 Å². The molecule has 14 heavy (non-hydrogen) atoms. The first kappa shape index (κ1) is 11.5. The summed E-state index contributed by atoms with van der Waals surface area (Å²) in [5.74, 6) is 5.01. The molecule has 1 rings (SSSR count). The third-order valence-corrected chi connectivity index (χ3v) is 2.98. The van der Waals surface area contributed by atoms with E-state index in [1.165, 1.54) is 25.7 Å². The molecule has 0 saturated carbocycles. The molecule has 1 aliphatic rings. The minimum atomic E-state index is -0.0784. The maximum absolute atomic E-state index is 11.2. The molecule has 0 aromatic heterocycles. The second-order valence-electron chi connectivity index (χ2n) is 3.95. The second kappa shape index (κ2) is 5.98. The van der Waals surface area contributed by atoms with Gasteiger partial charge in [-0.3, -0.25) is 15.1 Å². The minimum Gasteiger partial charge on any atom is -0.293 e. The van der Waals surface area contributed by atoms with Crippen molar-refractivity contribution in [3.63, 3.8) is 0 Å². The molecule has 4 nitrogen and oxygen atoms in total. The highest BCUT2D eigenvalue weighted by atomic mass is 16.2. The molecular formula is C10H21N3O. The standard InChI is InChI=1S/C10H21N3O/c1-2-9-6-4-3-5-7-13(9)8-10(14)12-11/h9H,2-8,11H2,1H3,(H,12,14). The lowest BCUT2D eigenvalue weighted by Gasteiger charge is -2.27. The molecular weight excluding hydrogens is 178 g/mol. The lowest BCUT2D eigenvalue weighted by atomic mass is 10.1. The molecule has 1 atom stereocenters. The number of carbonyl (C=O) groups is 1. The summed E-state index contributed by atoms with van der Waals surface area (Å²) >= 11 is 0. The Bertz CT molecular complexity index is 184. The normalized spacial score (nSPS) is 24.3. The number of carbonyl (C=O) groups excluding carboxylic acids is 1. The van der Waals surface area contributed by atoms with Crippen molar-refractivity contribution < 1.29 is 4.79 Å². The maximum atomic E-state index is 11.2. The molecule has 3 N–H and O–H groups in total. The highest BCUT2D eigenvalue weighted by molar-refractivity contribution is 5.77. The second-order valence-corrected chi connectivity index (χ2v) is 3.95. The number of rotatable bonds is 3. The molecule has 0 radical (unpaired) electrons. The molecule has 0 aromatic rings. The monoisotopic (exact) mass is 199 g/mol. The number of hydrazine groups is 1. The summed E-state index contributed by atoms with van der Waals surface area (Å²) in [6.07, 6.45) is 6.12. The highest BCUT2D eigenvalue weighted by Gasteiger charge is 2.20. The zero-order chi connectivity index (χ0) is 10.4. The minimum absolute atomic E-state index is 0.0784. The molecule has 0 bridgehead atoms. The maximum Gasteiger partial charge on any atom is 0.248 e. The van der Waals surface area contributed by atoms with Crippen LogP contribution in [0.3, 0.4) is 0 Å². The van der Waals surface area contributed by atoms with Crippen molar-refractivity contribution in [1.29, 1.82) is 0 Å². The smallest absolute Gasteiger partial charge is 0.248 e. The Labute approximate surface area is 85.8 Å². The predicted octanol–water partition coefficient (Wildman–Crippen LogP) is 0.631. The summed E-state index contributed by atoms with van der Waals surface area (Å²) in [5, 5.41) is 0. The quantitative estimate of drug-likeness (QED) is 0.398. The lowest BCUT2D eigenvalue weighted by molar-refractivity contribution is -0.122. The summed E-state index contributed by atoms with van der Waals surface area (Å²) in [6.45, 7) is 3.67. The Balaban J connectivity index is 2.47. The largest absolute Gasteiger partial charge is 0.293 e. The van der Waals surface area contributed by atoms with Gasteiger partial charge in [-0.15, -0.1) is 0 Å². The van der Waals surface area contributed by atoms with Crippen LogP contribution in [0.25, 0.3) is 0 Å². The van der Waals surface area contributed by atoms with E-state index in [1.54, 1.807) is 0 Å². The zero-order valence-electron chi connectivity index (χ0n) is 8.96. The van der Waals surface area contributed by atoms with Crippen molar-refractivity contribution in [1.82, 2.24) is 10.3 Å². The van der Waals surface area contributed by atoms with Gasteiger partial charge in [0.05, 0.1) is 6.54 Å². The van der Waals surface area contributed by atoms with E-state index >= 15 is 0 Å². The van der Waals surface area contributed by atoms with Crippen LogP contribution in [0.1, 0.15) is 39.0 Å². The van der Waals surface area contributed by atoms with Gasteiger partial charge in [0.1, 0.15) is 0 Å². The molecule has 0 aliphatic carbocycles. The van der Waals surface area contributed by atoms with Gasteiger partial charge in [-0.2, -0.15) is 0 Å². The molecule has 1 saturated heterocycles. The van der Waals surface area contributed by atoms with Crippen LogP contribution in [0.5, 0.6) is 0 Å². The predicted molar refractivity (Wildman–Crippen MR) is 56.5 cm³/mol. The van der Waals surface area contributed by atoms with Crippen molar-refractivity contribution in [3.05, 3.63) is 0 Å². The van der Waals surface area contributed by atoms with E-state index in [4.69, 9.17) is 5.84 Å². The number of amides is 1. The molecule has 1 fully saturated rings. The van der Waals surface area contributed by atoms with Gasteiger partial charge in [0.25, 0.3) is 0 Å². The Hall–Kier alpha value is -0.610. The summed E-state index contributed by atoms with van der Waals surface area (Å²) in [5.41, 5.74) is 2.20. The first-order valence-corrected chi connectivity index (χ1v) is 5.51. The van der Waals surface area contributed by atoms with Crippen LogP contribution in [0.15, 0.2) is 0 Å². The fraction of sp³-hybridized carbons (Fsp3) is 0.900. The third kappa shape index (κ3) is 3.27. The fourth-order valence-electron chi connectivity index (χ4n) is 2.14.